The van der Waals surface area contributed by atoms with Gasteiger partial charge in [-0.3, -0.25) is 0 Å². The van der Waals surface area contributed by atoms with E-state index in [2.05, 4.69) is 9.99 Å². The second-order valence-corrected chi connectivity index (χ2v) is 15.1. The number of nitrogens with two attached hydrogens (primary N) is 1. The zero-order chi connectivity index (χ0) is 47.4. The second kappa shape index (κ2) is 26.2. The van der Waals surface area contributed by atoms with Crippen LogP contribution in [-0.4, -0.2) is 300 Å². The summed E-state index contributed by atoms with van der Waals surface area (Å²) in [6, 6.07) is 0. The molecule has 376 valence electrons. The Morgan fingerprint density at radius 2 is 0.984 bits per heavy atom. The molecule has 0 unspecified atom stereocenters. The van der Waals surface area contributed by atoms with Crippen LogP contribution in [0.2, 0.25) is 0 Å². The minimum absolute atomic E-state index is 0.0487. The fourth-order valence-electron chi connectivity index (χ4n) is 6.92. The van der Waals surface area contributed by atoms with Crippen molar-refractivity contribution in [2.75, 3.05) is 59.5 Å². The van der Waals surface area contributed by atoms with Gasteiger partial charge in [0.2, 0.25) is 0 Å². The standard InChI is InChI=1S/C34H62N2O28/c35-56-3-1-54-2-4-57-36-5-11(41)28(62-32-25(51)22(48)18(44)14(8-39)59-32)29(12(42)6-37)63-34-27(53)30(64-33-26(52)23(49)19(45)15(9-40)60-33)20(46)16(61-34)10-55-31-24(50)21(47)17(43)13(7-38)58-31/h5,11-34,37-53H,1-4,6-10,35H2/b36-5+/t11-,12-,13-,14-,15-,16-,17-,18-,19-,20-,21+,22+,23+,24+,25+,26+,27+,28-,29-,30+,31+,32-,33-,34-/m1/s1. The third-order valence-corrected chi connectivity index (χ3v) is 10.7. The molecule has 0 aromatic carbocycles. The Balaban J connectivity index is 1.68. The molecule has 0 saturated carbocycles. The molecule has 0 aromatic heterocycles. The van der Waals surface area contributed by atoms with E-state index in [1.54, 1.807) is 0 Å². The van der Waals surface area contributed by atoms with E-state index < -0.39 is 180 Å². The van der Waals surface area contributed by atoms with Gasteiger partial charge in [0.25, 0.3) is 0 Å². The van der Waals surface area contributed by atoms with Crippen LogP contribution >= 0.6 is 0 Å². The van der Waals surface area contributed by atoms with Crippen molar-refractivity contribution in [3.05, 3.63) is 0 Å². The zero-order valence-electron chi connectivity index (χ0n) is 33.9. The van der Waals surface area contributed by atoms with Crippen LogP contribution in [0.15, 0.2) is 5.16 Å². The Bertz CT molecular complexity index is 1340. The maximum absolute atomic E-state index is 11.7. The maximum atomic E-state index is 11.7. The van der Waals surface area contributed by atoms with Crippen LogP contribution in [0.5, 0.6) is 0 Å². The van der Waals surface area contributed by atoms with E-state index in [0.29, 0.717) is 6.21 Å². The molecule has 24 atom stereocenters. The number of hydrogen-bond acceptors (Lipinski definition) is 30. The lowest BCUT2D eigenvalue weighted by Crippen LogP contribution is -2.66. The molecular formula is C34H62N2O28. The number of aliphatic hydroxyl groups excluding tert-OH is 17. The monoisotopic (exact) mass is 946 g/mol. The van der Waals surface area contributed by atoms with Crippen LogP contribution < -0.4 is 5.90 Å². The van der Waals surface area contributed by atoms with Crippen LogP contribution in [0.3, 0.4) is 0 Å². The molecule has 0 spiro atoms. The van der Waals surface area contributed by atoms with Crippen LogP contribution in [0.1, 0.15) is 0 Å². The van der Waals surface area contributed by atoms with Gasteiger partial charge in [-0.15, -0.1) is 0 Å². The van der Waals surface area contributed by atoms with Crippen molar-refractivity contribution in [3.8, 4) is 0 Å². The lowest BCUT2D eigenvalue weighted by molar-refractivity contribution is -0.379. The topological polar surface area (TPSA) is 484 Å². The fourth-order valence-corrected chi connectivity index (χ4v) is 6.92. The first kappa shape index (κ1) is 55.0. The molecule has 0 aromatic rings. The van der Waals surface area contributed by atoms with Crippen molar-refractivity contribution in [2.24, 2.45) is 11.1 Å². The van der Waals surface area contributed by atoms with E-state index in [1.165, 1.54) is 0 Å². The predicted molar refractivity (Wildman–Crippen MR) is 197 cm³/mol. The highest BCUT2D eigenvalue weighted by Gasteiger charge is 2.54. The average Bonchev–Trinajstić information content (AvgIpc) is 3.29. The highest BCUT2D eigenvalue weighted by Crippen LogP contribution is 2.33. The summed E-state index contributed by atoms with van der Waals surface area (Å²) in [5, 5.41) is 182. The molecule has 4 rings (SSSR count). The molecule has 0 bridgehead atoms. The maximum Gasteiger partial charge on any atom is 0.187 e. The fraction of sp³-hybridized carbons (Fsp3) is 0.971. The molecule has 0 aliphatic carbocycles. The normalized spacial score (nSPS) is 42.9. The molecule has 4 heterocycles. The molecule has 4 fully saturated rings. The number of hydrogen-bond donors (Lipinski definition) is 18. The molecule has 64 heavy (non-hydrogen) atoms. The Hall–Kier alpha value is -1.65. The Morgan fingerprint density at radius 1 is 0.516 bits per heavy atom. The number of ether oxygens (including phenoxy) is 9. The van der Waals surface area contributed by atoms with Crippen molar-refractivity contribution in [1.29, 1.82) is 0 Å². The van der Waals surface area contributed by atoms with Gasteiger partial charge in [-0.05, 0) is 0 Å². The van der Waals surface area contributed by atoms with Crippen molar-refractivity contribution >= 4 is 6.21 Å². The first-order valence-corrected chi connectivity index (χ1v) is 20.0. The van der Waals surface area contributed by atoms with E-state index in [4.69, 9.17) is 53.4 Å². The van der Waals surface area contributed by atoms with Crippen LogP contribution in [0.4, 0.5) is 0 Å². The molecule has 0 radical (unpaired) electrons. The summed E-state index contributed by atoms with van der Waals surface area (Å²) >= 11 is 0. The predicted octanol–water partition coefficient (Wildman–Crippen LogP) is -12.4. The summed E-state index contributed by atoms with van der Waals surface area (Å²) in [6.45, 7) is -4.95. The smallest absolute Gasteiger partial charge is 0.187 e. The van der Waals surface area contributed by atoms with Crippen molar-refractivity contribution in [1.82, 2.24) is 0 Å². The zero-order valence-corrected chi connectivity index (χ0v) is 33.9. The van der Waals surface area contributed by atoms with E-state index in [-0.39, 0.29) is 26.4 Å². The lowest BCUT2D eigenvalue weighted by Gasteiger charge is -2.48. The third-order valence-electron chi connectivity index (χ3n) is 10.7. The molecule has 4 aliphatic rings. The van der Waals surface area contributed by atoms with Crippen LogP contribution in [-0.2, 0) is 52.3 Å². The SMILES string of the molecule is NOCCOCCO/N=C/[C@@H](O)[C@@H](O[C@H]1O[C@H](CO)[C@@H](O)[C@H](O)[C@@H]1O)[C@H](O[C@H]1O[C@H](CO[C@H]2O[C@H](CO)[C@@H](O)[C@H](O)[C@@H]2O)[C@@H](O)[C@H](O[C@H]2O[C@H](CO)[C@@H](O)[C@H](O)[C@@H]2O)[C@@H]1O)[C@H](O)CO. The van der Waals surface area contributed by atoms with Gasteiger partial charge in [0, 0.05) is 0 Å². The summed E-state index contributed by atoms with van der Waals surface area (Å²) in [6.07, 6.45) is -46.8. The molecule has 4 saturated heterocycles. The van der Waals surface area contributed by atoms with Crippen molar-refractivity contribution in [3.63, 3.8) is 0 Å². The Kier molecular flexibility index (Phi) is 22.5. The second-order valence-electron chi connectivity index (χ2n) is 15.1. The minimum Gasteiger partial charge on any atom is -0.394 e. The quantitative estimate of drug-likeness (QED) is 0.0243. The molecule has 0 amide bonds. The lowest BCUT2D eigenvalue weighted by atomic mass is 9.96. The largest absolute Gasteiger partial charge is 0.394 e. The van der Waals surface area contributed by atoms with E-state index in [9.17, 15) is 86.8 Å². The molecule has 4 aliphatic heterocycles. The molecular weight excluding hydrogens is 884 g/mol. The van der Waals surface area contributed by atoms with Crippen LogP contribution in [0, 0.1) is 0 Å². The van der Waals surface area contributed by atoms with Gasteiger partial charge in [0.15, 0.2) is 25.2 Å². The van der Waals surface area contributed by atoms with E-state index in [0.717, 1.165) is 0 Å². The number of rotatable bonds is 24. The van der Waals surface area contributed by atoms with Gasteiger partial charge < -0.3 is 139 Å². The summed E-state index contributed by atoms with van der Waals surface area (Å²) in [4.78, 5) is 9.42. The minimum atomic E-state index is -2.30. The third kappa shape index (κ3) is 13.5. The first-order valence-electron chi connectivity index (χ1n) is 20.0. The van der Waals surface area contributed by atoms with Gasteiger partial charge >= 0.3 is 0 Å². The van der Waals surface area contributed by atoms with Crippen LogP contribution in [0.25, 0.3) is 0 Å². The van der Waals surface area contributed by atoms with Gasteiger partial charge in [0.1, 0.15) is 129 Å². The average molecular weight is 947 g/mol. The highest BCUT2D eigenvalue weighted by molar-refractivity contribution is 5.63. The first-order chi connectivity index (χ1) is 30.4. The Labute approximate surface area is 363 Å². The highest BCUT2D eigenvalue weighted by atomic mass is 16.8. The van der Waals surface area contributed by atoms with E-state index in [1.807, 2.05) is 0 Å². The summed E-state index contributed by atoms with van der Waals surface area (Å²) in [5.74, 6) is 4.93. The number of aliphatic hydroxyl groups is 17. The van der Waals surface area contributed by atoms with Gasteiger partial charge in [0.05, 0.1) is 59.1 Å². The molecule has 19 N–H and O–H groups in total. The molecule has 30 heteroatoms. The molecule has 30 nitrogen and oxygen atoms in total. The number of nitrogens with zero attached hydrogens (tertiary/aromatic N) is 1. The van der Waals surface area contributed by atoms with Gasteiger partial charge in [-0.25, -0.2) is 5.90 Å². The van der Waals surface area contributed by atoms with Crippen molar-refractivity contribution < 1.29 is 139 Å². The summed E-state index contributed by atoms with van der Waals surface area (Å²) in [5.41, 5.74) is 0. The van der Waals surface area contributed by atoms with Gasteiger partial charge in [-0.1, -0.05) is 5.16 Å². The van der Waals surface area contributed by atoms with Gasteiger partial charge in [-0.2, -0.15) is 0 Å². The van der Waals surface area contributed by atoms with E-state index >= 15 is 0 Å². The van der Waals surface area contributed by atoms with Crippen molar-refractivity contribution in [2.45, 2.75) is 147 Å². The summed E-state index contributed by atoms with van der Waals surface area (Å²) < 4.78 is 49.9. The summed E-state index contributed by atoms with van der Waals surface area (Å²) in [7, 11) is 0. The number of oxime groups is 1. The Morgan fingerprint density at radius 3 is 1.53 bits per heavy atom.